The number of para-hydroxylation sites is 1. The SMILES string of the molecule is [CH2]c1ccccc1NC(=O)N(CCO)CCc1ccccc1. The highest BCUT2D eigenvalue weighted by Crippen LogP contribution is 2.14. The van der Waals surface area contributed by atoms with Crippen molar-refractivity contribution in [2.75, 3.05) is 25.0 Å². The zero-order valence-corrected chi connectivity index (χ0v) is 12.5. The molecule has 22 heavy (non-hydrogen) atoms. The first-order chi connectivity index (χ1) is 10.7. The molecule has 0 saturated heterocycles. The van der Waals surface area contributed by atoms with Gasteiger partial charge in [0, 0.05) is 18.8 Å². The van der Waals surface area contributed by atoms with E-state index in [1.54, 1.807) is 4.90 Å². The number of carbonyl (C=O) groups is 1. The molecule has 2 aromatic carbocycles. The lowest BCUT2D eigenvalue weighted by molar-refractivity contribution is 0.189. The minimum Gasteiger partial charge on any atom is -0.395 e. The Morgan fingerprint density at radius 3 is 2.41 bits per heavy atom. The molecule has 0 heterocycles. The van der Waals surface area contributed by atoms with Crippen molar-refractivity contribution in [3.63, 3.8) is 0 Å². The Kier molecular flexibility index (Phi) is 5.98. The molecule has 2 aromatic rings. The molecule has 0 aliphatic carbocycles. The molecule has 0 fully saturated rings. The summed E-state index contributed by atoms with van der Waals surface area (Å²) < 4.78 is 0. The van der Waals surface area contributed by atoms with Crippen LogP contribution in [-0.4, -0.2) is 35.7 Å². The second kappa shape index (κ2) is 8.20. The van der Waals surface area contributed by atoms with Crippen LogP contribution in [-0.2, 0) is 6.42 Å². The molecule has 0 atom stereocenters. The highest BCUT2D eigenvalue weighted by molar-refractivity contribution is 5.90. The number of amides is 2. The van der Waals surface area contributed by atoms with Crippen LogP contribution in [0.3, 0.4) is 0 Å². The van der Waals surface area contributed by atoms with Crippen molar-refractivity contribution in [2.24, 2.45) is 0 Å². The number of nitrogens with one attached hydrogen (secondary N) is 1. The molecule has 0 bridgehead atoms. The van der Waals surface area contributed by atoms with Crippen molar-refractivity contribution in [3.8, 4) is 0 Å². The van der Waals surface area contributed by atoms with Crippen LogP contribution in [0.5, 0.6) is 0 Å². The molecule has 0 aliphatic heterocycles. The van der Waals surface area contributed by atoms with Gasteiger partial charge in [-0.1, -0.05) is 48.5 Å². The Bertz CT molecular complexity index is 599. The third kappa shape index (κ3) is 4.60. The molecule has 115 valence electrons. The molecular formula is C18H21N2O2. The van der Waals surface area contributed by atoms with Crippen LogP contribution < -0.4 is 5.32 Å². The molecule has 0 spiro atoms. The summed E-state index contributed by atoms with van der Waals surface area (Å²) in [5.74, 6) is 0. The number of anilines is 1. The second-order valence-electron chi connectivity index (χ2n) is 5.03. The van der Waals surface area contributed by atoms with E-state index in [-0.39, 0.29) is 12.6 Å². The zero-order chi connectivity index (χ0) is 15.8. The molecular weight excluding hydrogens is 276 g/mol. The van der Waals surface area contributed by atoms with E-state index in [0.717, 1.165) is 17.5 Å². The summed E-state index contributed by atoms with van der Waals surface area (Å²) in [6.07, 6.45) is 0.750. The standard InChI is InChI=1S/C18H21N2O2/c1-15-7-5-6-10-17(15)19-18(22)20(13-14-21)12-11-16-8-3-2-4-9-16/h2-10,21H,1,11-14H2,(H,19,22). The monoisotopic (exact) mass is 297 g/mol. The summed E-state index contributed by atoms with van der Waals surface area (Å²) in [7, 11) is 0. The number of hydrogen-bond acceptors (Lipinski definition) is 2. The van der Waals surface area contributed by atoms with E-state index in [1.807, 2.05) is 54.6 Å². The number of hydrogen-bond donors (Lipinski definition) is 2. The van der Waals surface area contributed by atoms with E-state index in [0.29, 0.717) is 18.8 Å². The van der Waals surface area contributed by atoms with Crippen LogP contribution in [0.2, 0.25) is 0 Å². The molecule has 0 aliphatic rings. The quantitative estimate of drug-likeness (QED) is 0.861. The maximum Gasteiger partial charge on any atom is 0.321 e. The second-order valence-corrected chi connectivity index (χ2v) is 5.03. The number of benzene rings is 2. The Hall–Kier alpha value is -2.33. The Labute approximate surface area is 131 Å². The van der Waals surface area contributed by atoms with Gasteiger partial charge in [0.15, 0.2) is 0 Å². The minimum atomic E-state index is -0.221. The van der Waals surface area contributed by atoms with Crippen LogP contribution in [0.4, 0.5) is 10.5 Å². The third-order valence-electron chi connectivity index (χ3n) is 3.43. The van der Waals surface area contributed by atoms with Crippen LogP contribution in [0, 0.1) is 6.92 Å². The number of nitrogens with zero attached hydrogens (tertiary/aromatic N) is 1. The average molecular weight is 297 g/mol. The molecule has 2 N–H and O–H groups in total. The van der Waals surface area contributed by atoms with Crippen LogP contribution >= 0.6 is 0 Å². The highest BCUT2D eigenvalue weighted by atomic mass is 16.3. The topological polar surface area (TPSA) is 52.6 Å². The van der Waals surface area contributed by atoms with E-state index in [9.17, 15) is 4.79 Å². The van der Waals surface area contributed by atoms with E-state index in [1.165, 1.54) is 0 Å². The number of aliphatic hydroxyl groups is 1. The number of rotatable bonds is 6. The lowest BCUT2D eigenvalue weighted by Crippen LogP contribution is -2.38. The van der Waals surface area contributed by atoms with Crippen molar-refractivity contribution < 1.29 is 9.90 Å². The van der Waals surface area contributed by atoms with Gasteiger partial charge >= 0.3 is 6.03 Å². The minimum absolute atomic E-state index is 0.0613. The summed E-state index contributed by atoms with van der Waals surface area (Å²) in [5, 5.41) is 12.0. The van der Waals surface area contributed by atoms with Gasteiger partial charge in [-0.2, -0.15) is 0 Å². The van der Waals surface area contributed by atoms with Gasteiger partial charge in [0.1, 0.15) is 0 Å². The molecule has 4 nitrogen and oxygen atoms in total. The molecule has 0 aromatic heterocycles. The predicted molar refractivity (Wildman–Crippen MR) is 88.7 cm³/mol. The number of aliphatic hydroxyl groups excluding tert-OH is 1. The van der Waals surface area contributed by atoms with Crippen LogP contribution in [0.25, 0.3) is 0 Å². The lowest BCUT2D eigenvalue weighted by atomic mass is 10.1. The van der Waals surface area contributed by atoms with E-state index in [2.05, 4.69) is 12.2 Å². The van der Waals surface area contributed by atoms with Crippen molar-refractivity contribution >= 4 is 11.7 Å². The third-order valence-corrected chi connectivity index (χ3v) is 3.43. The number of urea groups is 1. The Balaban J connectivity index is 1.97. The maximum atomic E-state index is 12.4. The van der Waals surface area contributed by atoms with Crippen molar-refractivity contribution in [1.82, 2.24) is 4.90 Å². The summed E-state index contributed by atoms with van der Waals surface area (Å²) in [5.41, 5.74) is 2.62. The average Bonchev–Trinajstić information content (AvgIpc) is 2.54. The highest BCUT2D eigenvalue weighted by Gasteiger charge is 2.13. The molecule has 4 heteroatoms. The predicted octanol–water partition coefficient (Wildman–Crippen LogP) is 2.94. The zero-order valence-electron chi connectivity index (χ0n) is 12.5. The largest absolute Gasteiger partial charge is 0.395 e. The molecule has 2 amide bonds. The summed E-state index contributed by atoms with van der Waals surface area (Å²) in [6.45, 7) is 4.68. The molecule has 1 radical (unpaired) electrons. The summed E-state index contributed by atoms with van der Waals surface area (Å²) >= 11 is 0. The van der Waals surface area contributed by atoms with Gasteiger partial charge in [-0.05, 0) is 30.5 Å². The van der Waals surface area contributed by atoms with E-state index in [4.69, 9.17) is 5.11 Å². The van der Waals surface area contributed by atoms with Gasteiger partial charge in [0.25, 0.3) is 0 Å². The molecule has 0 saturated carbocycles. The fourth-order valence-electron chi connectivity index (χ4n) is 2.18. The Morgan fingerprint density at radius 1 is 1.05 bits per heavy atom. The van der Waals surface area contributed by atoms with E-state index < -0.39 is 0 Å². The van der Waals surface area contributed by atoms with Gasteiger partial charge in [-0.3, -0.25) is 0 Å². The summed E-state index contributed by atoms with van der Waals surface area (Å²) in [4.78, 5) is 14.0. The normalized spacial score (nSPS) is 10.3. The summed E-state index contributed by atoms with van der Waals surface area (Å²) in [6, 6.07) is 17.1. The fraction of sp³-hybridized carbons (Fsp3) is 0.222. The van der Waals surface area contributed by atoms with Crippen LogP contribution in [0.15, 0.2) is 54.6 Å². The van der Waals surface area contributed by atoms with Gasteiger partial charge in [0.2, 0.25) is 0 Å². The Morgan fingerprint density at radius 2 is 1.73 bits per heavy atom. The van der Waals surface area contributed by atoms with Gasteiger partial charge < -0.3 is 15.3 Å². The number of carbonyl (C=O) groups excluding carboxylic acids is 1. The van der Waals surface area contributed by atoms with Crippen molar-refractivity contribution in [3.05, 3.63) is 72.6 Å². The van der Waals surface area contributed by atoms with Gasteiger partial charge in [-0.25, -0.2) is 4.79 Å². The van der Waals surface area contributed by atoms with Gasteiger partial charge in [-0.15, -0.1) is 0 Å². The van der Waals surface area contributed by atoms with Gasteiger partial charge in [0.05, 0.1) is 6.61 Å². The fourth-order valence-corrected chi connectivity index (χ4v) is 2.18. The molecule has 0 unspecified atom stereocenters. The smallest absolute Gasteiger partial charge is 0.321 e. The first-order valence-electron chi connectivity index (χ1n) is 7.32. The van der Waals surface area contributed by atoms with Crippen molar-refractivity contribution in [2.45, 2.75) is 6.42 Å². The first-order valence-corrected chi connectivity index (χ1v) is 7.32. The molecule has 2 rings (SSSR count). The van der Waals surface area contributed by atoms with Crippen LogP contribution in [0.1, 0.15) is 11.1 Å². The first kappa shape index (κ1) is 16.0. The van der Waals surface area contributed by atoms with E-state index >= 15 is 0 Å². The lowest BCUT2D eigenvalue weighted by Gasteiger charge is -2.22. The van der Waals surface area contributed by atoms with Crippen molar-refractivity contribution in [1.29, 1.82) is 0 Å². The maximum absolute atomic E-state index is 12.4.